The zero-order chi connectivity index (χ0) is 23.7. The van der Waals surface area contributed by atoms with Gasteiger partial charge in [-0.1, -0.05) is 46.5 Å². The van der Waals surface area contributed by atoms with Crippen LogP contribution in [-0.2, 0) is 19.1 Å². The van der Waals surface area contributed by atoms with E-state index in [4.69, 9.17) is 4.74 Å². The van der Waals surface area contributed by atoms with Gasteiger partial charge in [0.2, 0.25) is 11.8 Å². The largest absolute Gasteiger partial charge is 0.460 e. The van der Waals surface area contributed by atoms with Gasteiger partial charge in [0.05, 0.1) is 6.10 Å². The molecule has 31 heavy (non-hydrogen) atoms. The summed E-state index contributed by atoms with van der Waals surface area (Å²) < 4.78 is 5.30. The third-order valence-corrected chi connectivity index (χ3v) is 5.35. The maximum atomic E-state index is 12.8. The van der Waals surface area contributed by atoms with Crippen LogP contribution in [0.4, 0.5) is 0 Å². The number of ether oxygens (including phenoxy) is 1. The lowest BCUT2D eigenvalue weighted by Gasteiger charge is -2.33. The van der Waals surface area contributed by atoms with E-state index < -0.39 is 23.2 Å². The van der Waals surface area contributed by atoms with Crippen LogP contribution < -0.4 is 5.32 Å². The molecule has 0 aromatic heterocycles. The molecule has 0 aromatic carbocycles. The lowest BCUT2D eigenvalue weighted by atomic mass is 9.85. The van der Waals surface area contributed by atoms with Gasteiger partial charge in [-0.2, -0.15) is 0 Å². The van der Waals surface area contributed by atoms with Crippen molar-refractivity contribution >= 4 is 17.8 Å². The van der Waals surface area contributed by atoms with E-state index in [0.29, 0.717) is 32.4 Å². The molecule has 1 rings (SSSR count). The second-order valence-electron chi connectivity index (χ2n) is 10.8. The van der Waals surface area contributed by atoms with Crippen molar-refractivity contribution in [3.05, 3.63) is 0 Å². The van der Waals surface area contributed by atoms with Crippen molar-refractivity contribution in [2.45, 2.75) is 117 Å². The summed E-state index contributed by atoms with van der Waals surface area (Å²) in [7, 11) is 0. The molecule has 7 nitrogen and oxygen atoms in total. The number of carbonyl (C=O) groups excluding carboxylic acids is 3. The topological polar surface area (TPSA) is 95.9 Å². The van der Waals surface area contributed by atoms with E-state index in [1.54, 1.807) is 4.90 Å². The molecule has 2 N–H and O–H groups in total. The van der Waals surface area contributed by atoms with Crippen LogP contribution in [0.3, 0.4) is 0 Å². The zero-order valence-electron chi connectivity index (χ0n) is 20.5. The molecule has 1 aliphatic rings. The molecule has 0 radical (unpaired) electrons. The van der Waals surface area contributed by atoms with Crippen molar-refractivity contribution in [2.24, 2.45) is 5.41 Å². The highest BCUT2D eigenvalue weighted by Gasteiger charge is 2.37. The van der Waals surface area contributed by atoms with Crippen LogP contribution in [0.1, 0.15) is 99.3 Å². The number of nitrogens with zero attached hydrogens (tertiary/aromatic N) is 1. The van der Waals surface area contributed by atoms with E-state index in [2.05, 4.69) is 5.32 Å². The molecule has 1 saturated heterocycles. The summed E-state index contributed by atoms with van der Waals surface area (Å²) in [6.45, 7) is 12.3. The van der Waals surface area contributed by atoms with E-state index in [0.717, 1.165) is 38.5 Å². The minimum atomic E-state index is -0.585. The van der Waals surface area contributed by atoms with Gasteiger partial charge < -0.3 is 20.1 Å². The molecule has 1 fully saturated rings. The van der Waals surface area contributed by atoms with E-state index in [1.807, 2.05) is 41.5 Å². The lowest BCUT2D eigenvalue weighted by Crippen LogP contribution is -2.54. The van der Waals surface area contributed by atoms with Gasteiger partial charge >= 0.3 is 5.97 Å². The molecule has 0 spiro atoms. The van der Waals surface area contributed by atoms with Crippen LogP contribution in [0.25, 0.3) is 0 Å². The summed E-state index contributed by atoms with van der Waals surface area (Å²) in [4.78, 5) is 38.6. The molecule has 7 heteroatoms. The third-order valence-electron chi connectivity index (χ3n) is 5.35. The Morgan fingerprint density at radius 3 is 2.00 bits per heavy atom. The summed E-state index contributed by atoms with van der Waals surface area (Å²) in [5.41, 5.74) is -0.821. The quantitative estimate of drug-likeness (QED) is 0.378. The highest BCUT2D eigenvalue weighted by Crippen LogP contribution is 2.23. The molecule has 0 unspecified atom stereocenters. The Morgan fingerprint density at radius 1 is 0.968 bits per heavy atom. The number of β-amino-alcohol motifs (C(OH)–C–C–N with tert-alkyl or cyclic N) is 1. The Bertz CT molecular complexity index is 592. The molecule has 180 valence electrons. The van der Waals surface area contributed by atoms with Crippen LogP contribution in [0.15, 0.2) is 0 Å². The number of nitrogens with one attached hydrogen (secondary N) is 1. The van der Waals surface area contributed by atoms with Crippen molar-refractivity contribution in [2.75, 3.05) is 13.1 Å². The maximum Gasteiger partial charge on any atom is 0.306 e. The lowest BCUT2D eigenvalue weighted by molar-refractivity contribution is -0.155. The van der Waals surface area contributed by atoms with Crippen LogP contribution >= 0.6 is 0 Å². The first-order valence-corrected chi connectivity index (χ1v) is 11.8. The van der Waals surface area contributed by atoms with Crippen molar-refractivity contribution < 1.29 is 24.2 Å². The normalized spacial score (nSPS) is 18.0. The fraction of sp³-hybridized carbons (Fsp3) is 0.875. The zero-order valence-corrected chi connectivity index (χ0v) is 20.5. The summed E-state index contributed by atoms with van der Waals surface area (Å²) in [6.07, 6.45) is 6.58. The van der Waals surface area contributed by atoms with Gasteiger partial charge in [-0.25, -0.2) is 0 Å². The van der Waals surface area contributed by atoms with Crippen LogP contribution in [-0.4, -0.2) is 58.6 Å². The highest BCUT2D eigenvalue weighted by atomic mass is 16.6. The van der Waals surface area contributed by atoms with Crippen LogP contribution in [0.2, 0.25) is 0 Å². The molecule has 1 heterocycles. The first-order chi connectivity index (χ1) is 14.3. The summed E-state index contributed by atoms with van der Waals surface area (Å²) in [6, 6.07) is -0.585. The summed E-state index contributed by atoms with van der Waals surface area (Å²) >= 11 is 0. The average Bonchev–Trinajstić information content (AvgIpc) is 3.05. The molecule has 0 aliphatic carbocycles. The number of amides is 2. The van der Waals surface area contributed by atoms with E-state index in [-0.39, 0.29) is 17.8 Å². The van der Waals surface area contributed by atoms with Gasteiger partial charge in [0, 0.05) is 25.9 Å². The number of hydrogen-bond donors (Lipinski definition) is 2. The molecule has 0 aromatic rings. The van der Waals surface area contributed by atoms with Crippen molar-refractivity contribution in [1.29, 1.82) is 0 Å². The number of likely N-dealkylation sites (tertiary alicyclic amines) is 1. The number of hydrogen-bond acceptors (Lipinski definition) is 5. The van der Waals surface area contributed by atoms with Gasteiger partial charge in [-0.15, -0.1) is 0 Å². The van der Waals surface area contributed by atoms with Crippen LogP contribution in [0, 0.1) is 5.41 Å². The van der Waals surface area contributed by atoms with Gasteiger partial charge in [0.25, 0.3) is 0 Å². The number of carbonyl (C=O) groups is 3. The van der Waals surface area contributed by atoms with Crippen molar-refractivity contribution in [3.63, 3.8) is 0 Å². The Balaban J connectivity index is 2.23. The second kappa shape index (κ2) is 12.4. The average molecular weight is 441 g/mol. The number of aliphatic hydroxyl groups is 1. The summed E-state index contributed by atoms with van der Waals surface area (Å²) in [5.74, 6) is -0.351. The minimum absolute atomic E-state index is 0.0991. The fourth-order valence-corrected chi connectivity index (χ4v) is 3.66. The number of aliphatic hydroxyl groups excluding tert-OH is 1. The van der Waals surface area contributed by atoms with Gasteiger partial charge in [-0.05, 0) is 45.4 Å². The molecule has 0 bridgehead atoms. The van der Waals surface area contributed by atoms with E-state index in [1.165, 1.54) is 0 Å². The summed E-state index contributed by atoms with van der Waals surface area (Å²) in [5, 5.41) is 12.6. The molecular weight excluding hydrogens is 396 g/mol. The maximum absolute atomic E-state index is 12.8. The minimum Gasteiger partial charge on any atom is -0.460 e. The van der Waals surface area contributed by atoms with E-state index >= 15 is 0 Å². The molecule has 2 amide bonds. The Hall–Kier alpha value is -1.63. The molecule has 1 aliphatic heterocycles. The Labute approximate surface area is 188 Å². The SMILES string of the molecule is CC(C)(C)OC(=O)CCCCCCCCC(=O)N[C@H](C(=O)N1CC[C@@H](O)C1)C(C)(C)C. The Kier molecular flexibility index (Phi) is 11.0. The van der Waals surface area contributed by atoms with Crippen molar-refractivity contribution in [3.8, 4) is 0 Å². The molecule has 2 atom stereocenters. The monoisotopic (exact) mass is 440 g/mol. The fourth-order valence-electron chi connectivity index (χ4n) is 3.66. The second-order valence-corrected chi connectivity index (χ2v) is 10.8. The number of rotatable bonds is 11. The predicted octanol–water partition coefficient (Wildman–Crippen LogP) is 3.57. The first-order valence-electron chi connectivity index (χ1n) is 11.8. The third kappa shape index (κ3) is 11.5. The molecule has 0 saturated carbocycles. The van der Waals surface area contributed by atoms with Crippen molar-refractivity contribution in [1.82, 2.24) is 10.2 Å². The van der Waals surface area contributed by atoms with Gasteiger partial charge in [-0.3, -0.25) is 14.4 Å². The highest BCUT2D eigenvalue weighted by molar-refractivity contribution is 5.88. The predicted molar refractivity (Wildman–Crippen MR) is 121 cm³/mol. The number of esters is 1. The standard InChI is InChI=1S/C24H44N2O5/c1-23(2,3)21(22(30)26-16-15-18(27)17-26)25-19(28)13-11-9-7-8-10-12-14-20(29)31-24(4,5)6/h18,21,27H,7-17H2,1-6H3,(H,25,28)/t18-,21-/m1/s1. The molecular formula is C24H44N2O5. The smallest absolute Gasteiger partial charge is 0.306 e. The first kappa shape index (κ1) is 27.4. The number of unbranched alkanes of at least 4 members (excludes halogenated alkanes) is 5. The van der Waals surface area contributed by atoms with Gasteiger partial charge in [0.1, 0.15) is 11.6 Å². The Morgan fingerprint density at radius 2 is 1.52 bits per heavy atom. The van der Waals surface area contributed by atoms with Gasteiger partial charge in [0.15, 0.2) is 0 Å². The van der Waals surface area contributed by atoms with Crippen LogP contribution in [0.5, 0.6) is 0 Å². The van der Waals surface area contributed by atoms with E-state index in [9.17, 15) is 19.5 Å².